The first-order valence-electron chi connectivity index (χ1n) is 4.46. The van der Waals surface area contributed by atoms with E-state index in [0.29, 0.717) is 0 Å². The van der Waals surface area contributed by atoms with E-state index >= 15 is 0 Å². The van der Waals surface area contributed by atoms with Crippen molar-refractivity contribution >= 4 is 0 Å². The van der Waals surface area contributed by atoms with Crippen LogP contribution in [-0.2, 0) is 0 Å². The lowest BCUT2D eigenvalue weighted by Gasteiger charge is -1.95. The van der Waals surface area contributed by atoms with E-state index < -0.39 is 0 Å². The van der Waals surface area contributed by atoms with E-state index in [1.54, 1.807) is 11.1 Å². The highest BCUT2D eigenvalue weighted by atomic mass is 14.1. The van der Waals surface area contributed by atoms with Crippen molar-refractivity contribution in [2.45, 2.75) is 53.4 Å². The smallest absolute Gasteiger partial charge is 0.0318 e. The minimum absolute atomic E-state index is 1.38. The van der Waals surface area contributed by atoms with Crippen LogP contribution in [0.5, 0.6) is 0 Å². The van der Waals surface area contributed by atoms with E-state index in [1.807, 2.05) is 13.8 Å². The van der Waals surface area contributed by atoms with Crippen LogP contribution in [0.1, 0.15) is 53.4 Å². The summed E-state index contributed by atoms with van der Waals surface area (Å²) in [6.07, 6.45) is 5.62. The van der Waals surface area contributed by atoms with Crippen LogP contribution in [0.2, 0.25) is 0 Å². The molecule has 0 saturated heterocycles. The molecule has 0 heteroatoms. The van der Waals surface area contributed by atoms with Gasteiger partial charge in [-0.1, -0.05) is 25.0 Å². The fraction of sp³-hybridized carbons (Fsp3) is 0.800. The van der Waals surface area contributed by atoms with Gasteiger partial charge >= 0.3 is 0 Å². The standard InChI is InChI=1S/C8H14.C2H6/c1-7(2)8-5-3-4-6-8;1-2/h3-6H2,1-2H3;1-2H3. The monoisotopic (exact) mass is 140 g/mol. The van der Waals surface area contributed by atoms with Gasteiger partial charge in [-0.15, -0.1) is 0 Å². The lowest BCUT2D eigenvalue weighted by atomic mass is 10.1. The van der Waals surface area contributed by atoms with Crippen molar-refractivity contribution in [3.05, 3.63) is 11.1 Å². The second-order valence-corrected chi connectivity index (χ2v) is 2.81. The van der Waals surface area contributed by atoms with Crippen molar-refractivity contribution in [3.63, 3.8) is 0 Å². The number of rotatable bonds is 0. The molecule has 0 aliphatic heterocycles. The molecule has 0 N–H and O–H groups in total. The van der Waals surface area contributed by atoms with E-state index in [2.05, 4.69) is 13.8 Å². The van der Waals surface area contributed by atoms with E-state index in [1.165, 1.54) is 25.7 Å². The van der Waals surface area contributed by atoms with Crippen LogP contribution in [0, 0.1) is 0 Å². The quantitative estimate of drug-likeness (QED) is 0.447. The minimum atomic E-state index is 1.38. The summed E-state index contributed by atoms with van der Waals surface area (Å²) in [7, 11) is 0. The average molecular weight is 140 g/mol. The third-order valence-electron chi connectivity index (χ3n) is 1.91. The normalized spacial score (nSPS) is 16.2. The number of hydrogen-bond acceptors (Lipinski definition) is 0. The maximum atomic E-state index is 2.22. The number of allylic oxidation sites excluding steroid dienone is 2. The molecule has 0 aromatic carbocycles. The molecule has 0 amide bonds. The summed E-state index contributed by atoms with van der Waals surface area (Å²) in [5.74, 6) is 0. The molecular formula is C10H20. The molecule has 0 atom stereocenters. The van der Waals surface area contributed by atoms with Crippen molar-refractivity contribution in [1.82, 2.24) is 0 Å². The molecule has 0 aromatic rings. The largest absolute Gasteiger partial charge is 0.0772 e. The van der Waals surface area contributed by atoms with Gasteiger partial charge in [0.15, 0.2) is 0 Å². The van der Waals surface area contributed by atoms with Crippen LogP contribution in [0.4, 0.5) is 0 Å². The van der Waals surface area contributed by atoms with Crippen LogP contribution in [0.25, 0.3) is 0 Å². The van der Waals surface area contributed by atoms with Gasteiger partial charge in [0.05, 0.1) is 0 Å². The molecule has 10 heavy (non-hydrogen) atoms. The first-order chi connectivity index (χ1) is 4.80. The van der Waals surface area contributed by atoms with E-state index in [0.717, 1.165) is 0 Å². The molecule has 0 bridgehead atoms. The lowest BCUT2D eigenvalue weighted by molar-refractivity contribution is 0.886. The third kappa shape index (κ3) is 3.05. The Morgan fingerprint density at radius 3 is 1.60 bits per heavy atom. The highest BCUT2D eigenvalue weighted by Gasteiger charge is 2.06. The molecule has 0 heterocycles. The van der Waals surface area contributed by atoms with Crippen molar-refractivity contribution in [1.29, 1.82) is 0 Å². The molecule has 0 nitrogen and oxygen atoms in total. The Balaban J connectivity index is 0.000000371. The molecule has 1 aliphatic carbocycles. The Morgan fingerprint density at radius 2 is 1.40 bits per heavy atom. The van der Waals surface area contributed by atoms with Gasteiger partial charge in [0.25, 0.3) is 0 Å². The maximum Gasteiger partial charge on any atom is -0.0318 e. The van der Waals surface area contributed by atoms with E-state index in [-0.39, 0.29) is 0 Å². The van der Waals surface area contributed by atoms with Crippen LogP contribution in [0.15, 0.2) is 11.1 Å². The summed E-state index contributed by atoms with van der Waals surface area (Å²) in [5.41, 5.74) is 3.27. The lowest BCUT2D eigenvalue weighted by Crippen LogP contribution is -1.74. The van der Waals surface area contributed by atoms with Gasteiger partial charge in [-0.05, 0) is 39.5 Å². The first kappa shape index (κ1) is 9.74. The molecule has 1 rings (SSSR count). The number of hydrogen-bond donors (Lipinski definition) is 0. The topological polar surface area (TPSA) is 0 Å². The summed E-state index contributed by atoms with van der Waals surface area (Å²) >= 11 is 0. The van der Waals surface area contributed by atoms with E-state index in [4.69, 9.17) is 0 Å². The Bertz CT molecular complexity index is 97.2. The van der Waals surface area contributed by atoms with Gasteiger partial charge < -0.3 is 0 Å². The minimum Gasteiger partial charge on any atom is -0.0772 e. The first-order valence-corrected chi connectivity index (χ1v) is 4.46. The predicted molar refractivity (Wildman–Crippen MR) is 48.2 cm³/mol. The van der Waals surface area contributed by atoms with Gasteiger partial charge in [-0.25, -0.2) is 0 Å². The highest BCUT2D eigenvalue weighted by molar-refractivity contribution is 5.12. The second kappa shape index (κ2) is 5.52. The average Bonchev–Trinajstić information content (AvgIpc) is 2.42. The Labute approximate surface area is 65.3 Å². The second-order valence-electron chi connectivity index (χ2n) is 2.81. The van der Waals surface area contributed by atoms with E-state index in [9.17, 15) is 0 Å². The summed E-state index contributed by atoms with van der Waals surface area (Å²) < 4.78 is 0. The zero-order valence-corrected chi connectivity index (χ0v) is 7.83. The third-order valence-corrected chi connectivity index (χ3v) is 1.91. The van der Waals surface area contributed by atoms with Crippen LogP contribution < -0.4 is 0 Å². The Morgan fingerprint density at radius 1 is 1.00 bits per heavy atom. The summed E-state index contributed by atoms with van der Waals surface area (Å²) in [5, 5.41) is 0. The summed E-state index contributed by atoms with van der Waals surface area (Å²) in [6, 6.07) is 0. The summed E-state index contributed by atoms with van der Waals surface area (Å²) in [6.45, 7) is 8.45. The Hall–Kier alpha value is -0.260. The molecular weight excluding hydrogens is 120 g/mol. The molecule has 60 valence electrons. The maximum absolute atomic E-state index is 2.22. The van der Waals surface area contributed by atoms with Crippen LogP contribution >= 0.6 is 0 Å². The van der Waals surface area contributed by atoms with Gasteiger partial charge in [-0.2, -0.15) is 0 Å². The fourth-order valence-corrected chi connectivity index (χ4v) is 1.30. The van der Waals surface area contributed by atoms with Crippen LogP contribution in [-0.4, -0.2) is 0 Å². The van der Waals surface area contributed by atoms with Gasteiger partial charge in [0.1, 0.15) is 0 Å². The zero-order chi connectivity index (χ0) is 7.98. The van der Waals surface area contributed by atoms with Crippen molar-refractivity contribution < 1.29 is 0 Å². The van der Waals surface area contributed by atoms with Crippen molar-refractivity contribution in [2.75, 3.05) is 0 Å². The van der Waals surface area contributed by atoms with Crippen molar-refractivity contribution in [3.8, 4) is 0 Å². The Kier molecular flexibility index (Phi) is 5.38. The van der Waals surface area contributed by atoms with Crippen LogP contribution in [0.3, 0.4) is 0 Å². The molecule has 0 unspecified atom stereocenters. The molecule has 1 saturated carbocycles. The SMILES string of the molecule is CC.CC(C)=C1CCCC1. The van der Waals surface area contributed by atoms with Gasteiger partial charge in [0, 0.05) is 0 Å². The summed E-state index contributed by atoms with van der Waals surface area (Å²) in [4.78, 5) is 0. The molecule has 0 aromatic heterocycles. The van der Waals surface area contributed by atoms with Gasteiger partial charge in [0.2, 0.25) is 0 Å². The fourth-order valence-electron chi connectivity index (χ4n) is 1.30. The zero-order valence-electron chi connectivity index (χ0n) is 7.83. The highest BCUT2D eigenvalue weighted by Crippen LogP contribution is 2.26. The molecule has 0 radical (unpaired) electrons. The predicted octanol–water partition coefficient (Wildman–Crippen LogP) is 3.92. The van der Waals surface area contributed by atoms with Crippen molar-refractivity contribution in [2.24, 2.45) is 0 Å². The molecule has 1 fully saturated rings. The molecule has 1 aliphatic rings. The molecule has 0 spiro atoms. The van der Waals surface area contributed by atoms with Gasteiger partial charge in [-0.3, -0.25) is 0 Å².